The van der Waals surface area contributed by atoms with Crippen LogP contribution in [0.3, 0.4) is 0 Å². The Balaban J connectivity index is 1.50. The Hall–Kier alpha value is -0.380. The number of hydrogen-bond donors (Lipinski definition) is 3. The Morgan fingerprint density at radius 3 is 2.57 bits per heavy atom. The van der Waals surface area contributed by atoms with Gasteiger partial charge in [0, 0.05) is 11.8 Å². The van der Waals surface area contributed by atoms with Crippen molar-refractivity contribution in [1.82, 2.24) is 0 Å². The summed E-state index contributed by atoms with van der Waals surface area (Å²) in [7, 11) is 0. The van der Waals surface area contributed by atoms with Crippen molar-refractivity contribution in [3.05, 3.63) is 11.6 Å². The summed E-state index contributed by atoms with van der Waals surface area (Å²) in [6.07, 6.45) is 12.5. The highest BCUT2D eigenvalue weighted by atomic mass is 16.3. The Morgan fingerprint density at radius 1 is 1.13 bits per heavy atom. The average molecular weight is 419 g/mol. The van der Waals surface area contributed by atoms with Gasteiger partial charge < -0.3 is 15.3 Å². The van der Waals surface area contributed by atoms with E-state index >= 15 is 0 Å². The molecule has 0 bridgehead atoms. The first-order valence-corrected chi connectivity index (χ1v) is 12.7. The number of allylic oxidation sites excluding steroid dienone is 1. The van der Waals surface area contributed by atoms with Gasteiger partial charge in [0.1, 0.15) is 0 Å². The topological polar surface area (TPSA) is 60.7 Å². The second kappa shape index (κ2) is 7.89. The van der Waals surface area contributed by atoms with Crippen LogP contribution in [0.15, 0.2) is 11.6 Å². The fourth-order valence-corrected chi connectivity index (χ4v) is 8.73. The van der Waals surface area contributed by atoms with Crippen LogP contribution in [-0.2, 0) is 0 Å². The fraction of sp³-hybridized carbons (Fsp3) is 0.926. The zero-order valence-electron chi connectivity index (χ0n) is 20.0. The van der Waals surface area contributed by atoms with Gasteiger partial charge in [0.05, 0.1) is 17.8 Å². The molecule has 0 aromatic carbocycles. The predicted molar refractivity (Wildman–Crippen MR) is 122 cm³/mol. The van der Waals surface area contributed by atoms with E-state index in [4.69, 9.17) is 0 Å². The van der Waals surface area contributed by atoms with Crippen LogP contribution in [0.1, 0.15) is 98.8 Å². The van der Waals surface area contributed by atoms with Crippen molar-refractivity contribution in [2.45, 2.75) is 117 Å². The summed E-state index contributed by atoms with van der Waals surface area (Å²) < 4.78 is 0. The van der Waals surface area contributed by atoms with Crippen LogP contribution in [0, 0.1) is 40.4 Å². The Bertz CT molecular complexity index is 664. The monoisotopic (exact) mass is 418 g/mol. The standard InChI is InChI=1S/C27H46O3/c1-17(7-6-13-25(2,3)30)21-10-11-22-20-9-8-18-15-19(28)16-24(29)27(18,5)23(20)12-14-26(21,22)4/h8,17,19-24,28-30H,6-7,9-16H2,1-5H3/t17-,19-,20+,21-,22+,23+,24?,26-,27+/m1/s1. The van der Waals surface area contributed by atoms with Crippen molar-refractivity contribution in [2.75, 3.05) is 0 Å². The molecule has 0 amide bonds. The van der Waals surface area contributed by atoms with Gasteiger partial charge in [0.2, 0.25) is 0 Å². The van der Waals surface area contributed by atoms with Gasteiger partial charge in [-0.1, -0.05) is 45.3 Å². The van der Waals surface area contributed by atoms with Crippen LogP contribution in [0.2, 0.25) is 0 Å². The lowest BCUT2D eigenvalue weighted by atomic mass is 9.46. The molecule has 3 heteroatoms. The number of aliphatic hydroxyl groups is 3. The summed E-state index contributed by atoms with van der Waals surface area (Å²) >= 11 is 0. The Morgan fingerprint density at radius 2 is 1.87 bits per heavy atom. The molecule has 30 heavy (non-hydrogen) atoms. The highest BCUT2D eigenvalue weighted by Gasteiger charge is 2.60. The van der Waals surface area contributed by atoms with Crippen LogP contribution >= 0.6 is 0 Å². The molecule has 3 fully saturated rings. The number of hydrogen-bond acceptors (Lipinski definition) is 3. The molecular weight excluding hydrogens is 372 g/mol. The van der Waals surface area contributed by atoms with E-state index in [1.807, 2.05) is 13.8 Å². The van der Waals surface area contributed by atoms with Gasteiger partial charge in [-0.05, 0) is 93.8 Å². The maximum Gasteiger partial charge on any atom is 0.0658 e. The van der Waals surface area contributed by atoms with Crippen molar-refractivity contribution in [3.8, 4) is 0 Å². The van der Waals surface area contributed by atoms with Gasteiger partial charge in [-0.15, -0.1) is 0 Å². The minimum Gasteiger partial charge on any atom is -0.393 e. The zero-order chi connectivity index (χ0) is 21.9. The Labute approximate surface area is 184 Å². The SMILES string of the molecule is C[C@H](CCCC(C)(C)O)[C@H]1CC[C@H]2[C@@H]3CC=C4C[C@@H](O)CC(O)[C@]4(C)[C@H]3CC[C@]12C. The van der Waals surface area contributed by atoms with Crippen molar-refractivity contribution < 1.29 is 15.3 Å². The number of aliphatic hydroxyl groups excluding tert-OH is 2. The van der Waals surface area contributed by atoms with Gasteiger partial charge in [-0.3, -0.25) is 0 Å². The van der Waals surface area contributed by atoms with Crippen molar-refractivity contribution in [2.24, 2.45) is 40.4 Å². The third kappa shape index (κ3) is 3.71. The lowest BCUT2D eigenvalue weighted by molar-refractivity contribution is -0.108. The molecule has 3 nitrogen and oxygen atoms in total. The first kappa shape index (κ1) is 22.8. The lowest BCUT2D eigenvalue weighted by Gasteiger charge is -2.59. The first-order chi connectivity index (χ1) is 14.0. The van der Waals surface area contributed by atoms with E-state index in [9.17, 15) is 15.3 Å². The molecule has 9 atom stereocenters. The second-order valence-electron chi connectivity index (χ2n) is 12.6. The normalized spacial score (nSPS) is 47.1. The van der Waals surface area contributed by atoms with Crippen molar-refractivity contribution in [1.29, 1.82) is 0 Å². The molecule has 0 aliphatic heterocycles. The maximum absolute atomic E-state index is 11.1. The maximum atomic E-state index is 11.1. The van der Waals surface area contributed by atoms with Gasteiger partial charge in [-0.25, -0.2) is 0 Å². The minimum atomic E-state index is -0.546. The van der Waals surface area contributed by atoms with Gasteiger partial charge in [-0.2, -0.15) is 0 Å². The molecule has 3 N–H and O–H groups in total. The molecule has 0 aromatic rings. The molecule has 0 aromatic heterocycles. The Kier molecular flexibility index (Phi) is 5.99. The summed E-state index contributed by atoms with van der Waals surface area (Å²) in [6.45, 7) is 11.2. The van der Waals surface area contributed by atoms with E-state index in [-0.39, 0.29) is 11.5 Å². The molecule has 0 spiro atoms. The molecule has 0 radical (unpaired) electrons. The molecule has 3 saturated carbocycles. The third-order valence-corrected chi connectivity index (χ3v) is 10.4. The molecule has 1 unspecified atom stereocenters. The second-order valence-corrected chi connectivity index (χ2v) is 12.6. The van der Waals surface area contributed by atoms with Crippen molar-refractivity contribution >= 4 is 0 Å². The number of fused-ring (bicyclic) bond motifs is 5. The highest BCUT2D eigenvalue weighted by Crippen LogP contribution is 2.67. The summed E-state index contributed by atoms with van der Waals surface area (Å²) in [5, 5.41) is 31.4. The summed E-state index contributed by atoms with van der Waals surface area (Å²) in [5.41, 5.74) is 1.10. The lowest BCUT2D eigenvalue weighted by Crippen LogP contribution is -2.55. The van der Waals surface area contributed by atoms with Gasteiger partial charge in [0.15, 0.2) is 0 Å². The van der Waals surface area contributed by atoms with Gasteiger partial charge in [0.25, 0.3) is 0 Å². The van der Waals surface area contributed by atoms with E-state index < -0.39 is 11.7 Å². The number of rotatable bonds is 5. The molecule has 4 aliphatic carbocycles. The van der Waals surface area contributed by atoms with Crippen LogP contribution < -0.4 is 0 Å². The predicted octanol–water partition coefficient (Wildman–Crippen LogP) is 5.47. The molecule has 4 aliphatic rings. The highest BCUT2D eigenvalue weighted by molar-refractivity contribution is 5.27. The molecule has 4 rings (SSSR count). The van der Waals surface area contributed by atoms with Crippen molar-refractivity contribution in [3.63, 3.8) is 0 Å². The van der Waals surface area contributed by atoms with Gasteiger partial charge >= 0.3 is 0 Å². The quantitative estimate of drug-likeness (QED) is 0.519. The summed E-state index contributed by atoms with van der Waals surface area (Å²) in [6, 6.07) is 0. The van der Waals surface area contributed by atoms with E-state index in [1.165, 1.54) is 37.7 Å². The molecule has 0 heterocycles. The van der Waals surface area contributed by atoms with E-state index in [2.05, 4.69) is 26.8 Å². The molecular formula is C27H46O3. The summed E-state index contributed by atoms with van der Waals surface area (Å²) in [5.74, 6) is 3.55. The zero-order valence-corrected chi connectivity index (χ0v) is 20.0. The molecule has 0 saturated heterocycles. The fourth-order valence-electron chi connectivity index (χ4n) is 8.73. The van der Waals surface area contributed by atoms with Crippen LogP contribution in [-0.4, -0.2) is 33.1 Å². The van der Waals surface area contributed by atoms with Crippen LogP contribution in [0.4, 0.5) is 0 Å². The van der Waals surface area contributed by atoms with Crippen LogP contribution in [0.25, 0.3) is 0 Å². The first-order valence-electron chi connectivity index (χ1n) is 12.7. The molecule has 172 valence electrons. The van der Waals surface area contributed by atoms with E-state index in [0.717, 1.165) is 43.4 Å². The smallest absolute Gasteiger partial charge is 0.0658 e. The average Bonchev–Trinajstić information content (AvgIpc) is 2.99. The largest absolute Gasteiger partial charge is 0.393 e. The van der Waals surface area contributed by atoms with E-state index in [1.54, 1.807) is 0 Å². The summed E-state index contributed by atoms with van der Waals surface area (Å²) in [4.78, 5) is 0. The third-order valence-electron chi connectivity index (χ3n) is 10.4. The van der Waals surface area contributed by atoms with E-state index in [0.29, 0.717) is 23.7 Å². The minimum absolute atomic E-state index is 0.125. The van der Waals surface area contributed by atoms with Crippen LogP contribution in [0.5, 0.6) is 0 Å².